The molecule has 3 heteroatoms. The molecule has 2 nitrogen and oxygen atoms in total. The predicted molar refractivity (Wildman–Crippen MR) is 183 cm³/mol. The number of benzene rings is 3. The van der Waals surface area contributed by atoms with E-state index >= 15 is 0 Å². The molecule has 4 aliphatic rings. The molecule has 3 unspecified atom stereocenters. The van der Waals surface area contributed by atoms with Gasteiger partial charge in [0.1, 0.15) is 0 Å². The summed E-state index contributed by atoms with van der Waals surface area (Å²) in [7, 11) is 5.58. The van der Waals surface area contributed by atoms with Gasteiger partial charge in [-0.2, -0.15) is 4.67 Å². The van der Waals surface area contributed by atoms with Crippen molar-refractivity contribution in [3.05, 3.63) is 89.5 Å². The Bertz CT molecular complexity index is 1570. The van der Waals surface area contributed by atoms with Gasteiger partial charge < -0.3 is 0 Å². The van der Waals surface area contributed by atoms with Gasteiger partial charge in [-0.25, -0.2) is 0 Å². The van der Waals surface area contributed by atoms with Gasteiger partial charge in [0, 0.05) is 11.5 Å². The van der Waals surface area contributed by atoms with Crippen molar-refractivity contribution in [3.8, 4) is 11.1 Å². The number of nitrogens with zero attached hydrogens (tertiary/aromatic N) is 2. The highest BCUT2D eigenvalue weighted by Gasteiger charge is 2.55. The summed E-state index contributed by atoms with van der Waals surface area (Å²) in [6.07, 6.45) is 15.3. The van der Waals surface area contributed by atoms with Crippen LogP contribution in [0.15, 0.2) is 78.4 Å². The summed E-state index contributed by atoms with van der Waals surface area (Å²) >= 11 is 0. The zero-order valence-corrected chi connectivity index (χ0v) is 28.1. The van der Waals surface area contributed by atoms with Crippen LogP contribution in [0.25, 0.3) is 27.5 Å². The lowest BCUT2D eigenvalue weighted by atomic mass is 9.76. The van der Waals surface area contributed by atoms with Crippen molar-refractivity contribution in [1.29, 1.82) is 0 Å². The molecule has 0 amide bonds. The number of quaternary nitrogens is 1. The quantitative estimate of drug-likeness (QED) is 0.166. The van der Waals surface area contributed by atoms with E-state index in [1.807, 2.05) is 0 Å². The summed E-state index contributed by atoms with van der Waals surface area (Å²) in [5.41, 5.74) is 9.63. The van der Waals surface area contributed by atoms with Crippen LogP contribution in [0.2, 0.25) is 18.6 Å². The molecule has 0 radical (unpaired) electrons. The van der Waals surface area contributed by atoms with Gasteiger partial charge >= 0.3 is 0 Å². The molecule has 7 rings (SSSR count). The minimum absolute atomic E-state index is 0.0225. The fourth-order valence-corrected chi connectivity index (χ4v) is 15.2. The van der Waals surface area contributed by atoms with Gasteiger partial charge in [0.25, 0.3) is 0 Å². The lowest BCUT2D eigenvalue weighted by Gasteiger charge is -2.53. The van der Waals surface area contributed by atoms with Crippen molar-refractivity contribution in [2.24, 2.45) is 11.8 Å². The summed E-state index contributed by atoms with van der Waals surface area (Å²) in [4.78, 5) is 0. The van der Waals surface area contributed by atoms with Gasteiger partial charge in [-0.1, -0.05) is 119 Å². The Kier molecular flexibility index (Phi) is 6.77. The number of rotatable bonds is 5. The zero-order chi connectivity index (χ0) is 29.4. The number of hydrogen-bond donors (Lipinski definition) is 0. The third kappa shape index (κ3) is 4.41. The van der Waals surface area contributed by atoms with E-state index in [2.05, 4.69) is 126 Å². The van der Waals surface area contributed by atoms with Crippen molar-refractivity contribution in [1.82, 2.24) is 4.67 Å². The molecule has 0 bridgehead atoms. The number of fused-ring (bicyclic) bond motifs is 5. The maximum Gasteiger partial charge on any atom is 0.190 e. The van der Waals surface area contributed by atoms with Crippen molar-refractivity contribution in [3.63, 3.8) is 0 Å². The molecular weight excluding hydrogens is 525 g/mol. The molecule has 2 fully saturated rings. The van der Waals surface area contributed by atoms with E-state index in [1.54, 1.807) is 5.57 Å². The average molecular weight is 576 g/mol. The molecule has 3 atom stereocenters. The van der Waals surface area contributed by atoms with Crippen LogP contribution >= 0.6 is 0 Å². The van der Waals surface area contributed by atoms with E-state index in [-0.39, 0.29) is 5.41 Å². The van der Waals surface area contributed by atoms with Crippen LogP contribution < -0.4 is 0 Å². The van der Waals surface area contributed by atoms with Gasteiger partial charge in [0.05, 0.1) is 21.1 Å². The molecule has 0 N–H and O–H groups in total. The Labute approximate surface area is 255 Å². The van der Waals surface area contributed by atoms with Gasteiger partial charge in [-0.05, 0) is 86.9 Å². The normalized spacial score (nSPS) is 25.7. The van der Waals surface area contributed by atoms with Crippen molar-refractivity contribution in [2.45, 2.75) is 88.9 Å². The van der Waals surface area contributed by atoms with Crippen LogP contribution in [0, 0.1) is 11.8 Å². The highest BCUT2D eigenvalue weighted by molar-refractivity contribution is 6.76. The molecule has 0 aromatic heterocycles. The first-order valence-electron chi connectivity index (χ1n) is 16.7. The van der Waals surface area contributed by atoms with Crippen LogP contribution in [0.4, 0.5) is 0 Å². The summed E-state index contributed by atoms with van der Waals surface area (Å²) in [5, 5.41) is 2.66. The van der Waals surface area contributed by atoms with Crippen LogP contribution in [0.3, 0.4) is 0 Å². The molecule has 220 valence electrons. The standard InChI is InChI=1S/C39H51N2Si/c1-39(2)36-25-29(32-19-13-15-27-14-11-12-18-31(27)32)20-22-33(36)35-24-28-21-23-38(34(28)26-37(35)39)42(6,7)40(41(3,4)5)30-16-9-8-10-17-30/h11-15,18-20,22,24-26,28,30,34,38H,8-10,16-17,21,23H2,1-7H3/q+1. The molecule has 4 aliphatic carbocycles. The second-order valence-corrected chi connectivity index (χ2v) is 20.2. The lowest BCUT2D eigenvalue weighted by Crippen LogP contribution is -2.69. The topological polar surface area (TPSA) is 3.24 Å². The van der Waals surface area contributed by atoms with Crippen molar-refractivity contribution >= 4 is 24.6 Å². The van der Waals surface area contributed by atoms with Gasteiger partial charge in [-0.3, -0.25) is 4.59 Å². The van der Waals surface area contributed by atoms with E-state index < -0.39 is 8.24 Å². The SMILES string of the molecule is CC1(C)C2=CC3C(C=C2c2ccc(-c4cccc5ccccc45)cc21)CCC3[Si](C)(C)N(C1CCCCC1)[N+](C)(C)C. The van der Waals surface area contributed by atoms with Crippen LogP contribution in [0.1, 0.15) is 69.9 Å². The third-order valence-electron chi connectivity index (χ3n) is 11.6. The highest BCUT2D eigenvalue weighted by Crippen LogP contribution is 2.59. The molecule has 0 saturated heterocycles. The molecule has 0 heterocycles. The maximum atomic E-state index is 3.06. The van der Waals surface area contributed by atoms with E-state index in [4.69, 9.17) is 0 Å². The van der Waals surface area contributed by atoms with E-state index in [0.717, 1.165) is 16.2 Å². The first kappa shape index (κ1) is 28.3. The number of hydrogen-bond acceptors (Lipinski definition) is 1. The Balaban J connectivity index is 1.26. The second-order valence-electron chi connectivity index (χ2n) is 15.7. The monoisotopic (exact) mass is 575 g/mol. The van der Waals surface area contributed by atoms with Gasteiger partial charge in [-0.15, -0.1) is 0 Å². The number of allylic oxidation sites excluding steroid dienone is 4. The van der Waals surface area contributed by atoms with Crippen LogP contribution in [-0.2, 0) is 5.41 Å². The summed E-state index contributed by atoms with van der Waals surface area (Å²) < 4.78 is 4.05. The molecule has 3 aromatic rings. The summed E-state index contributed by atoms with van der Waals surface area (Å²) in [6.45, 7) is 10.4. The second kappa shape index (κ2) is 10.0. The Morgan fingerprint density at radius 2 is 1.52 bits per heavy atom. The largest absolute Gasteiger partial charge is 0.258 e. The summed E-state index contributed by atoms with van der Waals surface area (Å²) in [5.74, 6) is 1.36. The molecule has 0 spiro atoms. The predicted octanol–water partition coefficient (Wildman–Crippen LogP) is 9.98. The molecule has 0 aliphatic heterocycles. The minimum atomic E-state index is -1.75. The smallest absolute Gasteiger partial charge is 0.190 e. The van der Waals surface area contributed by atoms with Gasteiger partial charge in [0.2, 0.25) is 0 Å². The highest BCUT2D eigenvalue weighted by atomic mass is 28.3. The van der Waals surface area contributed by atoms with E-state index in [1.165, 1.54) is 83.5 Å². The van der Waals surface area contributed by atoms with Gasteiger partial charge in [0.15, 0.2) is 8.24 Å². The van der Waals surface area contributed by atoms with Crippen LogP contribution in [-0.4, -0.2) is 44.7 Å². The Morgan fingerprint density at radius 1 is 0.786 bits per heavy atom. The molecule has 42 heavy (non-hydrogen) atoms. The fourth-order valence-electron chi connectivity index (χ4n) is 9.99. The Morgan fingerprint density at radius 3 is 2.29 bits per heavy atom. The molecular formula is C39H51N2Si+. The first-order chi connectivity index (χ1) is 20.0. The zero-order valence-electron chi connectivity index (χ0n) is 27.1. The maximum absolute atomic E-state index is 3.06. The van der Waals surface area contributed by atoms with E-state index in [0.29, 0.717) is 11.8 Å². The van der Waals surface area contributed by atoms with Crippen LogP contribution in [0.5, 0.6) is 0 Å². The lowest BCUT2D eigenvalue weighted by molar-refractivity contribution is -0.975. The fraction of sp³-hybridized carbons (Fsp3) is 0.487. The molecule has 3 aromatic carbocycles. The van der Waals surface area contributed by atoms with Crippen molar-refractivity contribution in [2.75, 3.05) is 21.1 Å². The summed E-state index contributed by atoms with van der Waals surface area (Å²) in [6, 6.07) is 23.6. The molecule has 2 saturated carbocycles. The Hall–Kier alpha value is -2.46. The average Bonchev–Trinajstić information content (AvgIpc) is 3.48. The first-order valence-corrected chi connectivity index (χ1v) is 19.7. The third-order valence-corrected chi connectivity index (χ3v) is 16.3. The van der Waals surface area contributed by atoms with E-state index in [9.17, 15) is 0 Å². The minimum Gasteiger partial charge on any atom is -0.258 e. The van der Waals surface area contributed by atoms with Crippen molar-refractivity contribution < 1.29 is 4.59 Å².